The number of phenolic OH excluding ortho intramolecular Hbond substituents is 1. The van der Waals surface area contributed by atoms with Gasteiger partial charge in [-0.15, -0.1) is 12.4 Å². The van der Waals surface area contributed by atoms with Gasteiger partial charge in [-0.2, -0.15) is 0 Å². The summed E-state index contributed by atoms with van der Waals surface area (Å²) in [6.07, 6.45) is 0. The molecule has 0 fully saturated rings. The summed E-state index contributed by atoms with van der Waals surface area (Å²) in [5, 5.41) is 9.74. The van der Waals surface area contributed by atoms with Crippen LogP contribution in [0.4, 0.5) is 0 Å². The third kappa shape index (κ3) is 3.60. The van der Waals surface area contributed by atoms with E-state index in [0.29, 0.717) is 9.13 Å². The monoisotopic (exact) mass is 469 g/mol. The van der Waals surface area contributed by atoms with Crippen molar-refractivity contribution in [2.45, 2.75) is 6.04 Å². The van der Waals surface area contributed by atoms with Gasteiger partial charge in [0.05, 0.1) is 10.7 Å². The highest BCUT2D eigenvalue weighted by Gasteiger charge is 2.21. The fourth-order valence-electron chi connectivity index (χ4n) is 1.08. The number of aromatic hydroxyl groups is 1. The van der Waals surface area contributed by atoms with Crippen LogP contribution in [0.3, 0.4) is 0 Å². The number of esters is 1. The first kappa shape index (κ1) is 16.2. The van der Waals surface area contributed by atoms with E-state index in [1.54, 1.807) is 12.1 Å². The average molecular weight is 469 g/mol. The Morgan fingerprint density at radius 3 is 2.56 bits per heavy atom. The van der Waals surface area contributed by atoms with Crippen molar-refractivity contribution in [2.24, 2.45) is 5.73 Å². The van der Waals surface area contributed by atoms with Crippen LogP contribution >= 0.6 is 57.6 Å². The quantitative estimate of drug-likeness (QED) is 0.515. The van der Waals surface area contributed by atoms with Crippen LogP contribution in [0.15, 0.2) is 12.1 Å². The van der Waals surface area contributed by atoms with Crippen LogP contribution < -0.4 is 5.73 Å². The fourth-order valence-corrected chi connectivity index (χ4v) is 2.97. The lowest BCUT2D eigenvalue weighted by molar-refractivity contribution is -0.142. The van der Waals surface area contributed by atoms with Crippen LogP contribution in [0.5, 0.6) is 5.75 Å². The molecule has 0 aliphatic rings. The van der Waals surface area contributed by atoms with Crippen molar-refractivity contribution in [2.75, 3.05) is 7.11 Å². The third-order valence-electron chi connectivity index (χ3n) is 1.85. The summed E-state index contributed by atoms with van der Waals surface area (Å²) in [5.74, 6) is -0.531. The van der Waals surface area contributed by atoms with E-state index in [9.17, 15) is 9.90 Å². The van der Waals surface area contributed by atoms with E-state index in [1.165, 1.54) is 7.11 Å². The molecule has 0 unspecified atom stereocenters. The summed E-state index contributed by atoms with van der Waals surface area (Å²) in [6, 6.07) is 2.52. The Kier molecular flexibility index (Phi) is 6.90. The van der Waals surface area contributed by atoms with Crippen molar-refractivity contribution < 1.29 is 14.6 Å². The second-order valence-corrected chi connectivity index (χ2v) is 5.23. The van der Waals surface area contributed by atoms with E-state index >= 15 is 0 Å². The van der Waals surface area contributed by atoms with Crippen LogP contribution in [-0.2, 0) is 9.53 Å². The van der Waals surface area contributed by atoms with E-state index in [1.807, 2.05) is 22.6 Å². The molecule has 0 aliphatic carbocycles. The molecule has 1 atom stereocenters. The molecule has 0 bridgehead atoms. The molecule has 0 heterocycles. The van der Waals surface area contributed by atoms with Crippen LogP contribution in [-0.4, -0.2) is 18.2 Å². The van der Waals surface area contributed by atoms with E-state index in [4.69, 9.17) is 5.73 Å². The number of carbonyl (C=O) groups excluding carboxylic acids is 1. The van der Waals surface area contributed by atoms with Gasteiger partial charge in [-0.1, -0.05) is 0 Å². The summed E-state index contributed by atoms with van der Waals surface area (Å²) in [7, 11) is 1.26. The predicted octanol–water partition coefficient (Wildman–Crippen LogP) is 2.20. The second kappa shape index (κ2) is 6.82. The highest BCUT2D eigenvalue weighted by molar-refractivity contribution is 14.1. The van der Waals surface area contributed by atoms with Crippen LogP contribution in [0.25, 0.3) is 0 Å². The number of ether oxygens (including phenoxy) is 1. The lowest BCUT2D eigenvalue weighted by Crippen LogP contribution is -2.23. The van der Waals surface area contributed by atoms with Gasteiger partial charge in [-0.05, 0) is 57.3 Å². The molecule has 0 spiro atoms. The van der Waals surface area contributed by atoms with Gasteiger partial charge in [0.2, 0.25) is 0 Å². The molecule has 16 heavy (non-hydrogen) atoms. The number of methoxy groups -OCH3 is 1. The third-order valence-corrected chi connectivity index (χ3v) is 3.29. The molecule has 3 N–H and O–H groups in total. The first-order chi connectivity index (χ1) is 6.97. The molecular formula is C9H10ClI2NO3. The van der Waals surface area contributed by atoms with Crippen molar-refractivity contribution in [1.29, 1.82) is 0 Å². The van der Waals surface area contributed by atoms with Crippen molar-refractivity contribution in [3.05, 3.63) is 24.8 Å². The molecule has 0 saturated carbocycles. The zero-order valence-electron chi connectivity index (χ0n) is 8.24. The molecule has 0 radical (unpaired) electrons. The van der Waals surface area contributed by atoms with Gasteiger partial charge >= 0.3 is 5.97 Å². The smallest absolute Gasteiger partial charge is 0.327 e. The molecule has 1 aromatic carbocycles. The van der Waals surface area contributed by atoms with Crippen LogP contribution in [0.2, 0.25) is 0 Å². The molecule has 7 heteroatoms. The largest absolute Gasteiger partial charge is 0.506 e. The first-order valence-corrected chi connectivity index (χ1v) is 6.14. The summed E-state index contributed by atoms with van der Waals surface area (Å²) >= 11 is 4.07. The van der Waals surface area contributed by atoms with Gasteiger partial charge in [-0.25, -0.2) is 0 Å². The second-order valence-electron chi connectivity index (χ2n) is 2.83. The zero-order valence-corrected chi connectivity index (χ0v) is 13.4. The Labute approximate surface area is 127 Å². The van der Waals surface area contributed by atoms with Gasteiger partial charge in [-0.3, -0.25) is 4.79 Å². The summed E-state index contributed by atoms with van der Waals surface area (Å²) < 4.78 is 6.09. The molecule has 90 valence electrons. The molecule has 0 aliphatic heterocycles. The van der Waals surface area contributed by atoms with Crippen molar-refractivity contribution in [3.8, 4) is 5.75 Å². The maximum absolute atomic E-state index is 11.2. The molecule has 1 aromatic rings. The standard InChI is InChI=1S/C9H9I2NO3.ClH/c1-15-9(14)7(12)5-2-4(10)3-6(11)8(5)13;/h2-3,7,13H,12H2,1H3;1H/t7-;/m0./s1. The Hall–Kier alpha value is 0.200. The van der Waals surface area contributed by atoms with Crippen LogP contribution in [0.1, 0.15) is 11.6 Å². The minimum Gasteiger partial charge on any atom is -0.506 e. The lowest BCUT2D eigenvalue weighted by Gasteiger charge is -2.12. The maximum Gasteiger partial charge on any atom is 0.327 e. The number of halogens is 3. The average Bonchev–Trinajstić information content (AvgIpc) is 2.21. The van der Waals surface area contributed by atoms with E-state index in [-0.39, 0.29) is 18.2 Å². The van der Waals surface area contributed by atoms with Crippen molar-refractivity contribution in [1.82, 2.24) is 0 Å². The Morgan fingerprint density at radius 1 is 1.50 bits per heavy atom. The highest BCUT2D eigenvalue weighted by atomic mass is 127. The predicted molar refractivity (Wildman–Crippen MR) is 79.7 cm³/mol. The number of carbonyl (C=O) groups is 1. The van der Waals surface area contributed by atoms with Gasteiger partial charge in [0, 0.05) is 9.13 Å². The highest BCUT2D eigenvalue weighted by Crippen LogP contribution is 2.30. The number of phenols is 1. The minimum atomic E-state index is -0.946. The fraction of sp³-hybridized carbons (Fsp3) is 0.222. The molecule has 1 rings (SSSR count). The van der Waals surface area contributed by atoms with E-state index < -0.39 is 12.0 Å². The van der Waals surface area contributed by atoms with Gasteiger partial charge in [0.1, 0.15) is 11.8 Å². The van der Waals surface area contributed by atoms with Gasteiger partial charge in [0.15, 0.2) is 0 Å². The minimum absolute atomic E-state index is 0. The molecule has 4 nitrogen and oxygen atoms in total. The van der Waals surface area contributed by atoms with Crippen LogP contribution in [0, 0.1) is 7.14 Å². The number of benzene rings is 1. The Balaban J connectivity index is 0.00000225. The Bertz CT molecular complexity index is 401. The first-order valence-electron chi connectivity index (χ1n) is 3.98. The van der Waals surface area contributed by atoms with Crippen molar-refractivity contribution >= 4 is 63.6 Å². The molecule has 0 aromatic heterocycles. The van der Waals surface area contributed by atoms with Gasteiger partial charge < -0.3 is 15.6 Å². The zero-order chi connectivity index (χ0) is 11.6. The molecule has 0 saturated heterocycles. The van der Waals surface area contributed by atoms with Gasteiger partial charge in [0.25, 0.3) is 0 Å². The number of nitrogens with two attached hydrogens (primary N) is 1. The number of hydrogen-bond donors (Lipinski definition) is 2. The van der Waals surface area contributed by atoms with E-state index in [2.05, 4.69) is 27.3 Å². The van der Waals surface area contributed by atoms with E-state index in [0.717, 1.165) is 3.57 Å². The molecular weight excluding hydrogens is 459 g/mol. The maximum atomic E-state index is 11.2. The number of hydrogen-bond acceptors (Lipinski definition) is 4. The van der Waals surface area contributed by atoms with Crippen molar-refractivity contribution in [3.63, 3.8) is 0 Å². The Morgan fingerprint density at radius 2 is 2.06 bits per heavy atom. The normalized spacial score (nSPS) is 11.5. The lowest BCUT2D eigenvalue weighted by atomic mass is 10.1. The topological polar surface area (TPSA) is 72.5 Å². The SMILES string of the molecule is COC(=O)[C@@H](N)c1cc(I)cc(I)c1O.Cl. The summed E-state index contributed by atoms with van der Waals surface area (Å²) in [6.45, 7) is 0. The molecule has 0 amide bonds. The summed E-state index contributed by atoms with van der Waals surface area (Å²) in [4.78, 5) is 11.2. The number of rotatable bonds is 2. The summed E-state index contributed by atoms with van der Waals surface area (Å²) in [5.41, 5.74) is 6.03.